The maximum atomic E-state index is 5.61. The van der Waals surface area contributed by atoms with Crippen LogP contribution in [0.15, 0.2) is 22.7 Å². The SMILES string of the molecule is COc1ccc(Br)cc1CN(CCC(N)=S)C1CC1. The van der Waals surface area contributed by atoms with Crippen LogP contribution in [0.5, 0.6) is 5.75 Å². The van der Waals surface area contributed by atoms with Crippen LogP contribution in [0.3, 0.4) is 0 Å². The molecule has 1 aromatic rings. The van der Waals surface area contributed by atoms with Crippen LogP contribution >= 0.6 is 28.1 Å². The number of ether oxygens (including phenoxy) is 1. The molecule has 1 aliphatic carbocycles. The third kappa shape index (κ3) is 4.44. The van der Waals surface area contributed by atoms with E-state index in [1.54, 1.807) is 7.11 Å². The van der Waals surface area contributed by atoms with Crippen molar-refractivity contribution in [3.05, 3.63) is 28.2 Å². The lowest BCUT2D eigenvalue weighted by molar-refractivity contribution is 0.258. The van der Waals surface area contributed by atoms with E-state index in [-0.39, 0.29) is 0 Å². The normalized spacial score (nSPS) is 14.7. The lowest BCUT2D eigenvalue weighted by atomic mass is 10.2. The fourth-order valence-electron chi connectivity index (χ4n) is 2.17. The summed E-state index contributed by atoms with van der Waals surface area (Å²) in [7, 11) is 1.71. The zero-order chi connectivity index (χ0) is 13.8. The molecule has 1 aliphatic rings. The molecule has 0 radical (unpaired) electrons. The summed E-state index contributed by atoms with van der Waals surface area (Å²) in [6.07, 6.45) is 3.32. The standard InChI is InChI=1S/C14H19BrN2OS/c1-18-13-5-2-11(15)8-10(13)9-17(12-3-4-12)7-6-14(16)19/h2,5,8,12H,3-4,6-7,9H2,1H3,(H2,16,19). The van der Waals surface area contributed by atoms with Crippen molar-refractivity contribution in [1.29, 1.82) is 0 Å². The van der Waals surface area contributed by atoms with Crippen LogP contribution in [0.2, 0.25) is 0 Å². The predicted molar refractivity (Wildman–Crippen MR) is 85.5 cm³/mol. The van der Waals surface area contributed by atoms with Crippen LogP contribution in [0.4, 0.5) is 0 Å². The molecule has 1 saturated carbocycles. The Hall–Kier alpha value is -0.650. The van der Waals surface area contributed by atoms with Gasteiger partial charge < -0.3 is 10.5 Å². The van der Waals surface area contributed by atoms with Gasteiger partial charge >= 0.3 is 0 Å². The third-order valence-electron chi connectivity index (χ3n) is 3.32. The van der Waals surface area contributed by atoms with Gasteiger partial charge in [0.05, 0.1) is 12.1 Å². The van der Waals surface area contributed by atoms with Crippen molar-refractivity contribution >= 4 is 33.1 Å². The quantitative estimate of drug-likeness (QED) is 0.772. The molecule has 104 valence electrons. The third-order valence-corrected chi connectivity index (χ3v) is 4.02. The minimum atomic E-state index is 0.590. The van der Waals surface area contributed by atoms with Crippen LogP contribution in [-0.4, -0.2) is 29.6 Å². The zero-order valence-electron chi connectivity index (χ0n) is 11.1. The van der Waals surface area contributed by atoms with E-state index in [9.17, 15) is 0 Å². The van der Waals surface area contributed by atoms with Gasteiger partial charge in [-0.1, -0.05) is 28.1 Å². The molecular weight excluding hydrogens is 324 g/mol. The number of hydrogen-bond donors (Lipinski definition) is 1. The summed E-state index contributed by atoms with van der Waals surface area (Å²) >= 11 is 8.49. The van der Waals surface area contributed by atoms with Crippen LogP contribution < -0.4 is 10.5 Å². The Balaban J connectivity index is 2.07. The summed E-state index contributed by atoms with van der Waals surface area (Å²) in [5.74, 6) is 0.934. The average Bonchev–Trinajstić information content (AvgIpc) is 3.18. The molecule has 0 unspecified atom stereocenters. The highest BCUT2D eigenvalue weighted by Gasteiger charge is 2.29. The van der Waals surface area contributed by atoms with E-state index in [2.05, 4.69) is 26.9 Å². The number of halogens is 1. The van der Waals surface area contributed by atoms with Gasteiger partial charge in [0.25, 0.3) is 0 Å². The Morgan fingerprint density at radius 2 is 2.26 bits per heavy atom. The zero-order valence-corrected chi connectivity index (χ0v) is 13.5. The molecule has 5 heteroatoms. The highest BCUT2D eigenvalue weighted by atomic mass is 79.9. The first-order valence-corrected chi connectivity index (χ1v) is 7.65. The maximum Gasteiger partial charge on any atom is 0.123 e. The maximum absolute atomic E-state index is 5.61. The van der Waals surface area contributed by atoms with Crippen LogP contribution in [-0.2, 0) is 6.54 Å². The Morgan fingerprint density at radius 1 is 1.53 bits per heavy atom. The highest BCUT2D eigenvalue weighted by Crippen LogP contribution is 2.31. The van der Waals surface area contributed by atoms with Crippen molar-refractivity contribution in [2.75, 3.05) is 13.7 Å². The monoisotopic (exact) mass is 342 g/mol. The summed E-state index contributed by atoms with van der Waals surface area (Å²) in [4.78, 5) is 3.04. The summed E-state index contributed by atoms with van der Waals surface area (Å²) in [6, 6.07) is 6.80. The van der Waals surface area contributed by atoms with Crippen molar-refractivity contribution in [2.24, 2.45) is 5.73 Å². The first-order valence-electron chi connectivity index (χ1n) is 6.45. The molecule has 0 spiro atoms. The van der Waals surface area contributed by atoms with Crippen LogP contribution in [0.1, 0.15) is 24.8 Å². The van der Waals surface area contributed by atoms with Gasteiger partial charge in [-0.2, -0.15) is 0 Å². The largest absolute Gasteiger partial charge is 0.496 e. The minimum absolute atomic E-state index is 0.590. The van der Waals surface area contributed by atoms with Gasteiger partial charge in [-0.15, -0.1) is 0 Å². The lowest BCUT2D eigenvalue weighted by Crippen LogP contribution is -2.29. The number of benzene rings is 1. The van der Waals surface area contributed by atoms with Gasteiger partial charge in [-0.3, -0.25) is 4.90 Å². The fourth-order valence-corrected chi connectivity index (χ4v) is 2.67. The van der Waals surface area contributed by atoms with Gasteiger partial charge in [0.15, 0.2) is 0 Å². The molecule has 2 N–H and O–H groups in total. The minimum Gasteiger partial charge on any atom is -0.496 e. The molecule has 2 rings (SSSR count). The van der Waals surface area contributed by atoms with Crippen LogP contribution in [0.25, 0.3) is 0 Å². The molecular formula is C14H19BrN2OS. The Morgan fingerprint density at radius 3 is 2.84 bits per heavy atom. The second kappa shape index (κ2) is 6.68. The average molecular weight is 343 g/mol. The fraction of sp³-hybridized carbons (Fsp3) is 0.500. The topological polar surface area (TPSA) is 38.5 Å². The highest BCUT2D eigenvalue weighted by molar-refractivity contribution is 9.10. The van der Waals surface area contributed by atoms with Crippen molar-refractivity contribution in [3.8, 4) is 5.75 Å². The number of thiocarbonyl (C=S) groups is 1. The van der Waals surface area contributed by atoms with Crippen molar-refractivity contribution in [2.45, 2.75) is 31.8 Å². The van der Waals surface area contributed by atoms with E-state index < -0.39 is 0 Å². The van der Waals surface area contributed by atoms with E-state index >= 15 is 0 Å². The summed E-state index contributed by atoms with van der Waals surface area (Å²) < 4.78 is 6.51. The molecule has 0 heterocycles. The van der Waals surface area contributed by atoms with E-state index in [0.29, 0.717) is 11.0 Å². The van der Waals surface area contributed by atoms with Gasteiger partial charge in [0.2, 0.25) is 0 Å². The smallest absolute Gasteiger partial charge is 0.123 e. The molecule has 1 fully saturated rings. The molecule has 0 aromatic heterocycles. The molecule has 0 aliphatic heterocycles. The number of nitrogens with zero attached hydrogens (tertiary/aromatic N) is 1. The van der Waals surface area contributed by atoms with E-state index in [4.69, 9.17) is 22.7 Å². The molecule has 19 heavy (non-hydrogen) atoms. The summed E-state index contributed by atoms with van der Waals surface area (Å²) in [5.41, 5.74) is 6.81. The Bertz CT molecular complexity index is 463. The van der Waals surface area contributed by atoms with E-state index in [0.717, 1.165) is 29.7 Å². The van der Waals surface area contributed by atoms with Crippen LogP contribution in [0, 0.1) is 0 Å². The van der Waals surface area contributed by atoms with Crippen molar-refractivity contribution < 1.29 is 4.74 Å². The molecule has 0 amide bonds. The number of methoxy groups -OCH3 is 1. The van der Waals surface area contributed by atoms with E-state index in [1.807, 2.05) is 12.1 Å². The number of hydrogen-bond acceptors (Lipinski definition) is 3. The van der Waals surface area contributed by atoms with Crippen molar-refractivity contribution in [3.63, 3.8) is 0 Å². The molecule has 3 nitrogen and oxygen atoms in total. The van der Waals surface area contributed by atoms with Crippen molar-refractivity contribution in [1.82, 2.24) is 4.90 Å². The molecule has 0 bridgehead atoms. The summed E-state index contributed by atoms with van der Waals surface area (Å²) in [5, 5.41) is 0. The van der Waals surface area contributed by atoms with E-state index in [1.165, 1.54) is 18.4 Å². The second-order valence-electron chi connectivity index (χ2n) is 4.87. The van der Waals surface area contributed by atoms with Gasteiger partial charge in [-0.25, -0.2) is 0 Å². The summed E-state index contributed by atoms with van der Waals surface area (Å²) in [6.45, 7) is 1.81. The van der Waals surface area contributed by atoms with Gasteiger partial charge in [0, 0.05) is 35.6 Å². The molecule has 0 saturated heterocycles. The lowest BCUT2D eigenvalue weighted by Gasteiger charge is -2.23. The number of rotatable bonds is 7. The Labute approximate surface area is 128 Å². The van der Waals surface area contributed by atoms with Gasteiger partial charge in [-0.05, 0) is 31.0 Å². The first kappa shape index (κ1) is 14.8. The molecule has 0 atom stereocenters. The number of nitrogens with two attached hydrogens (primary N) is 1. The predicted octanol–water partition coefficient (Wildman–Crippen LogP) is 3.10. The van der Waals surface area contributed by atoms with Gasteiger partial charge in [0.1, 0.15) is 5.75 Å². The Kier molecular flexibility index (Phi) is 5.19. The first-order chi connectivity index (χ1) is 9.10. The molecule has 1 aromatic carbocycles. The second-order valence-corrected chi connectivity index (χ2v) is 6.31.